The summed E-state index contributed by atoms with van der Waals surface area (Å²) in [4.78, 5) is 28.6. The number of aliphatic carboxylic acids is 1. The van der Waals surface area contributed by atoms with Gasteiger partial charge in [0.2, 0.25) is 0 Å². The van der Waals surface area contributed by atoms with Gasteiger partial charge in [-0.05, 0) is 10.6 Å². The molecule has 22 heavy (non-hydrogen) atoms. The molecule has 0 amide bonds. The highest BCUT2D eigenvalue weighted by molar-refractivity contribution is 7.51. The van der Waals surface area contributed by atoms with E-state index in [0.717, 1.165) is 0 Å². The van der Waals surface area contributed by atoms with E-state index in [9.17, 15) is 9.36 Å². The Morgan fingerprint density at radius 3 is 2.50 bits per heavy atom. The normalized spacial score (nSPS) is 13.9. The summed E-state index contributed by atoms with van der Waals surface area (Å²) < 4.78 is 21.0. The summed E-state index contributed by atoms with van der Waals surface area (Å²) in [5, 5.41) is 12.5. The fraction of sp³-hybridized carbons (Fsp3) is 0.667. The van der Waals surface area contributed by atoms with Crippen LogP contribution in [0.5, 0.6) is 5.88 Å². The molecule has 0 aliphatic rings. The van der Waals surface area contributed by atoms with Crippen LogP contribution in [0.3, 0.4) is 0 Å². The molecule has 1 atom stereocenters. The summed E-state index contributed by atoms with van der Waals surface area (Å²) in [6.45, 7) is 5.85. The Balaban J connectivity index is 3.05. The molecule has 1 rings (SSSR count). The highest BCUT2D eigenvalue weighted by Crippen LogP contribution is 2.36. The van der Waals surface area contributed by atoms with E-state index in [1.165, 1.54) is 0 Å². The number of nitrogens with zero attached hydrogens (tertiary/aromatic N) is 1. The van der Waals surface area contributed by atoms with Crippen molar-refractivity contribution in [2.75, 3.05) is 6.35 Å². The molecule has 126 valence electrons. The number of carboxylic acids is 1. The number of carbonyl (C=O) groups is 1. The Labute approximate surface area is 127 Å². The molecular weight excluding hydrogens is 315 g/mol. The lowest BCUT2D eigenvalue weighted by Gasteiger charge is -2.17. The van der Waals surface area contributed by atoms with E-state index in [1.807, 2.05) is 20.8 Å². The lowest BCUT2D eigenvalue weighted by molar-refractivity contribution is -0.138. The van der Waals surface area contributed by atoms with Gasteiger partial charge in [0.15, 0.2) is 6.35 Å². The molecule has 9 nitrogen and oxygen atoms in total. The van der Waals surface area contributed by atoms with Crippen LogP contribution in [0.4, 0.5) is 0 Å². The van der Waals surface area contributed by atoms with Crippen molar-refractivity contribution in [1.29, 1.82) is 0 Å². The summed E-state index contributed by atoms with van der Waals surface area (Å²) in [6, 6.07) is -1.20. The molecule has 0 saturated heterocycles. The van der Waals surface area contributed by atoms with Gasteiger partial charge in [0.1, 0.15) is 11.8 Å². The van der Waals surface area contributed by atoms with Crippen molar-refractivity contribution in [2.45, 2.75) is 39.7 Å². The molecule has 0 aliphatic carbocycles. The number of ether oxygens (including phenoxy) is 1. The van der Waals surface area contributed by atoms with Crippen molar-refractivity contribution < 1.29 is 33.5 Å². The van der Waals surface area contributed by atoms with Crippen molar-refractivity contribution in [2.24, 2.45) is 11.1 Å². The quantitative estimate of drug-likeness (QED) is 0.527. The zero-order valence-corrected chi connectivity index (χ0v) is 13.5. The second-order valence-corrected chi connectivity index (χ2v) is 7.80. The van der Waals surface area contributed by atoms with Gasteiger partial charge in [-0.1, -0.05) is 20.8 Å². The fourth-order valence-electron chi connectivity index (χ4n) is 1.71. The fourth-order valence-corrected chi connectivity index (χ4v) is 2.00. The number of rotatable bonds is 7. The summed E-state index contributed by atoms with van der Waals surface area (Å²) in [7, 11) is -4.39. The van der Waals surface area contributed by atoms with Gasteiger partial charge in [-0.25, -0.2) is 0 Å². The molecular formula is C12H21N2O7P. The van der Waals surface area contributed by atoms with Crippen LogP contribution in [0.2, 0.25) is 0 Å². The van der Waals surface area contributed by atoms with Crippen LogP contribution >= 0.6 is 7.60 Å². The Bertz CT molecular complexity index is 573. The molecule has 0 spiro atoms. The molecule has 10 heteroatoms. The van der Waals surface area contributed by atoms with E-state index in [4.69, 9.17) is 29.9 Å². The average molecular weight is 336 g/mol. The number of nitrogens with two attached hydrogens (primary N) is 1. The molecule has 5 N–H and O–H groups in total. The predicted molar refractivity (Wildman–Crippen MR) is 76.5 cm³/mol. The van der Waals surface area contributed by atoms with Crippen LogP contribution in [0.25, 0.3) is 0 Å². The summed E-state index contributed by atoms with van der Waals surface area (Å²) >= 11 is 0. The van der Waals surface area contributed by atoms with Crippen LogP contribution in [0, 0.1) is 5.41 Å². The van der Waals surface area contributed by atoms with E-state index in [1.54, 1.807) is 0 Å². The first-order valence-electron chi connectivity index (χ1n) is 6.52. The molecule has 0 bridgehead atoms. The lowest BCUT2D eigenvalue weighted by atomic mass is 9.89. The van der Waals surface area contributed by atoms with Gasteiger partial charge in [0.25, 0.3) is 5.88 Å². The topological polar surface area (TPSA) is 156 Å². The zero-order valence-electron chi connectivity index (χ0n) is 12.6. The molecule has 0 fully saturated rings. The predicted octanol–water partition coefficient (Wildman–Crippen LogP) is 0.732. The van der Waals surface area contributed by atoms with E-state index in [-0.39, 0.29) is 17.7 Å². The minimum atomic E-state index is -4.39. The van der Waals surface area contributed by atoms with Crippen molar-refractivity contribution in [3.05, 3.63) is 11.3 Å². The van der Waals surface area contributed by atoms with Gasteiger partial charge in [-0.2, -0.15) is 0 Å². The molecule has 0 aromatic carbocycles. The zero-order chi connectivity index (χ0) is 17.1. The summed E-state index contributed by atoms with van der Waals surface area (Å²) in [6.07, 6.45) is -0.536. The Morgan fingerprint density at radius 2 is 2.05 bits per heavy atom. The summed E-state index contributed by atoms with van der Waals surface area (Å²) in [5.74, 6) is -0.951. The van der Waals surface area contributed by atoms with Crippen molar-refractivity contribution >= 4 is 13.6 Å². The second kappa shape index (κ2) is 6.78. The minimum Gasteiger partial charge on any atom is -0.480 e. The maximum atomic E-state index is 10.9. The number of carboxylic acid groups (broad SMARTS) is 1. The highest BCUT2D eigenvalue weighted by atomic mass is 31.2. The summed E-state index contributed by atoms with van der Waals surface area (Å²) in [5.41, 5.74) is 5.67. The SMILES string of the molecule is CC(C)(C)Cc1onc(OCP(=O)(O)O)c1C[C@@H](N)C(=O)O. The van der Waals surface area contributed by atoms with Crippen LogP contribution in [-0.2, 0) is 22.2 Å². The average Bonchev–Trinajstić information content (AvgIpc) is 2.66. The maximum Gasteiger partial charge on any atom is 0.362 e. The van der Waals surface area contributed by atoms with Crippen molar-refractivity contribution in [3.8, 4) is 5.88 Å². The van der Waals surface area contributed by atoms with Gasteiger partial charge in [0.05, 0.1) is 5.56 Å². The molecule has 1 aromatic heterocycles. The largest absolute Gasteiger partial charge is 0.480 e. The van der Waals surface area contributed by atoms with E-state index >= 15 is 0 Å². The number of hydrogen-bond acceptors (Lipinski definition) is 6. The van der Waals surface area contributed by atoms with Crippen LogP contribution in [-0.4, -0.2) is 38.4 Å². The Kier molecular flexibility index (Phi) is 5.75. The Morgan fingerprint density at radius 1 is 1.45 bits per heavy atom. The van der Waals surface area contributed by atoms with Gasteiger partial charge < -0.3 is 29.9 Å². The smallest absolute Gasteiger partial charge is 0.362 e. The third kappa shape index (κ3) is 6.15. The van der Waals surface area contributed by atoms with E-state index in [2.05, 4.69) is 5.16 Å². The molecule has 0 aliphatic heterocycles. The standard InChI is InChI=1S/C12H21N2O7P/c1-12(2,3)5-9-7(4-8(13)11(15)16)10(14-21-9)20-6-22(17,18)19/h8H,4-6,13H2,1-3H3,(H,15,16)(H2,17,18,19)/t8-/m1/s1. The van der Waals surface area contributed by atoms with Gasteiger partial charge in [-0.15, -0.1) is 0 Å². The van der Waals surface area contributed by atoms with Crippen LogP contribution in [0.15, 0.2) is 4.52 Å². The van der Waals surface area contributed by atoms with E-state index in [0.29, 0.717) is 17.7 Å². The molecule has 1 aromatic rings. The first kappa shape index (κ1) is 18.6. The molecule has 0 unspecified atom stereocenters. The third-order valence-electron chi connectivity index (χ3n) is 2.64. The second-order valence-electron chi connectivity index (χ2n) is 6.21. The molecule has 1 heterocycles. The maximum absolute atomic E-state index is 10.9. The first-order valence-corrected chi connectivity index (χ1v) is 8.32. The van der Waals surface area contributed by atoms with Crippen LogP contribution < -0.4 is 10.5 Å². The first-order chi connectivity index (χ1) is 9.89. The van der Waals surface area contributed by atoms with Gasteiger partial charge in [0, 0.05) is 12.8 Å². The molecule has 0 radical (unpaired) electrons. The lowest BCUT2D eigenvalue weighted by Crippen LogP contribution is -2.32. The molecule has 0 saturated carbocycles. The van der Waals surface area contributed by atoms with Crippen LogP contribution in [0.1, 0.15) is 32.1 Å². The van der Waals surface area contributed by atoms with Crippen molar-refractivity contribution in [3.63, 3.8) is 0 Å². The number of hydrogen-bond donors (Lipinski definition) is 4. The Hall–Kier alpha value is -1.41. The van der Waals surface area contributed by atoms with Crippen molar-refractivity contribution in [1.82, 2.24) is 5.16 Å². The highest BCUT2D eigenvalue weighted by Gasteiger charge is 2.27. The van der Waals surface area contributed by atoms with Gasteiger partial charge >= 0.3 is 13.6 Å². The number of aromatic nitrogens is 1. The van der Waals surface area contributed by atoms with E-state index < -0.39 is 26.0 Å². The van der Waals surface area contributed by atoms with Gasteiger partial charge in [-0.3, -0.25) is 9.36 Å². The minimum absolute atomic E-state index is 0.110. The third-order valence-corrected chi connectivity index (χ3v) is 3.10. The monoisotopic (exact) mass is 336 g/mol.